The minimum atomic E-state index is -0.754. The van der Waals surface area contributed by atoms with E-state index in [0.29, 0.717) is 5.56 Å². The summed E-state index contributed by atoms with van der Waals surface area (Å²) in [5.41, 5.74) is 0.284. The number of hydrogen-bond donors (Lipinski definition) is 0. The molecule has 0 unspecified atom stereocenters. The van der Waals surface area contributed by atoms with Gasteiger partial charge in [-0.3, -0.25) is 19.7 Å². The van der Waals surface area contributed by atoms with Crippen molar-refractivity contribution in [3.8, 4) is 0 Å². The Morgan fingerprint density at radius 1 is 1.35 bits per heavy atom. The van der Waals surface area contributed by atoms with Gasteiger partial charge in [0.15, 0.2) is 5.78 Å². The molecule has 0 saturated heterocycles. The van der Waals surface area contributed by atoms with Crippen molar-refractivity contribution >= 4 is 11.5 Å². The maximum atomic E-state index is 12.1. The number of nitrogens with zero attached hydrogens (tertiary/aromatic N) is 2. The summed E-state index contributed by atoms with van der Waals surface area (Å²) in [6.07, 6.45) is 2.44. The minimum Gasteiger partial charge on any atom is -0.340 e. The number of nitro groups is 1. The predicted molar refractivity (Wildman–Crippen MR) is 72.9 cm³/mol. The molecule has 0 aliphatic rings. The second-order valence-electron chi connectivity index (χ2n) is 4.42. The molecule has 0 aliphatic carbocycles. The van der Waals surface area contributed by atoms with Crippen LogP contribution < -0.4 is 5.43 Å². The van der Waals surface area contributed by atoms with Crippen molar-refractivity contribution in [2.45, 2.75) is 13.5 Å². The van der Waals surface area contributed by atoms with Crippen LogP contribution in [0.25, 0.3) is 0 Å². The molecule has 0 atom stereocenters. The third kappa shape index (κ3) is 2.97. The van der Waals surface area contributed by atoms with Crippen LogP contribution in [0.5, 0.6) is 0 Å². The van der Waals surface area contributed by atoms with Crippen molar-refractivity contribution < 1.29 is 9.72 Å². The van der Waals surface area contributed by atoms with Crippen molar-refractivity contribution in [3.05, 3.63) is 74.2 Å². The molecule has 0 fully saturated rings. The molecule has 0 aliphatic heterocycles. The van der Waals surface area contributed by atoms with E-state index in [9.17, 15) is 19.7 Å². The van der Waals surface area contributed by atoms with Crippen molar-refractivity contribution in [1.29, 1.82) is 0 Å². The van der Waals surface area contributed by atoms with Gasteiger partial charge in [-0.15, -0.1) is 0 Å². The van der Waals surface area contributed by atoms with Crippen molar-refractivity contribution in [3.63, 3.8) is 0 Å². The third-order valence-corrected chi connectivity index (χ3v) is 2.82. The number of hydrogen-bond acceptors (Lipinski definition) is 4. The van der Waals surface area contributed by atoms with Crippen molar-refractivity contribution in [2.75, 3.05) is 0 Å². The second-order valence-corrected chi connectivity index (χ2v) is 4.42. The molecule has 2 aromatic rings. The molecule has 1 aromatic carbocycles. The fourth-order valence-electron chi connectivity index (χ4n) is 1.82. The molecule has 0 saturated carbocycles. The van der Waals surface area contributed by atoms with Gasteiger partial charge in [-0.1, -0.05) is 23.8 Å². The zero-order valence-electron chi connectivity index (χ0n) is 10.8. The summed E-state index contributed by atoms with van der Waals surface area (Å²) in [6.45, 7) is 1.82. The van der Waals surface area contributed by atoms with E-state index in [1.807, 2.05) is 13.0 Å². The van der Waals surface area contributed by atoms with Gasteiger partial charge in [0.05, 0.1) is 17.7 Å². The molecule has 20 heavy (non-hydrogen) atoms. The molecule has 0 N–H and O–H groups in total. The Hall–Kier alpha value is -2.76. The van der Waals surface area contributed by atoms with E-state index in [0.717, 1.165) is 17.8 Å². The Morgan fingerprint density at radius 3 is 2.75 bits per heavy atom. The summed E-state index contributed by atoms with van der Waals surface area (Å²) in [4.78, 5) is 33.3. The molecule has 6 nitrogen and oxygen atoms in total. The van der Waals surface area contributed by atoms with Crippen LogP contribution in [0.3, 0.4) is 0 Å². The summed E-state index contributed by atoms with van der Waals surface area (Å²) >= 11 is 0. The highest BCUT2D eigenvalue weighted by Crippen LogP contribution is 2.08. The first-order chi connectivity index (χ1) is 9.47. The van der Waals surface area contributed by atoms with Gasteiger partial charge in [0.1, 0.15) is 0 Å². The molecule has 0 bridgehead atoms. The molecular formula is C14H12N2O4. The maximum Gasteiger partial charge on any atom is 0.332 e. The number of ketones is 1. The first kappa shape index (κ1) is 13.7. The molecule has 0 spiro atoms. The fourth-order valence-corrected chi connectivity index (χ4v) is 1.82. The zero-order valence-corrected chi connectivity index (χ0v) is 10.8. The average Bonchev–Trinajstić information content (AvgIpc) is 2.40. The van der Waals surface area contributed by atoms with Crippen LogP contribution in [-0.2, 0) is 6.54 Å². The molecule has 0 radical (unpaired) electrons. The number of aryl methyl sites for hydroxylation is 1. The van der Waals surface area contributed by atoms with Crippen LogP contribution in [-0.4, -0.2) is 15.3 Å². The van der Waals surface area contributed by atoms with E-state index in [1.165, 1.54) is 10.8 Å². The predicted octanol–water partition coefficient (Wildman–Crippen LogP) is 1.95. The third-order valence-electron chi connectivity index (χ3n) is 2.82. The van der Waals surface area contributed by atoms with E-state index in [4.69, 9.17) is 0 Å². The Kier molecular flexibility index (Phi) is 3.74. The van der Waals surface area contributed by atoms with Crippen LogP contribution >= 0.6 is 0 Å². The maximum absolute atomic E-state index is 12.1. The van der Waals surface area contributed by atoms with Gasteiger partial charge < -0.3 is 4.57 Å². The lowest BCUT2D eigenvalue weighted by molar-refractivity contribution is -0.386. The van der Waals surface area contributed by atoms with Crippen LogP contribution in [0, 0.1) is 17.0 Å². The number of pyridine rings is 1. The SMILES string of the molecule is Cc1cccc(C(=O)Cn2ccc(=O)c([N+](=O)[O-])c2)c1. The smallest absolute Gasteiger partial charge is 0.332 e. The standard InChI is InChI=1S/C14H12N2O4/c1-10-3-2-4-11(7-10)14(18)9-15-6-5-13(17)12(8-15)16(19)20/h2-8H,9H2,1H3. The monoisotopic (exact) mass is 272 g/mol. The Morgan fingerprint density at radius 2 is 2.10 bits per heavy atom. The van der Waals surface area contributed by atoms with Crippen LogP contribution in [0.2, 0.25) is 0 Å². The van der Waals surface area contributed by atoms with E-state index >= 15 is 0 Å². The fraction of sp³-hybridized carbons (Fsp3) is 0.143. The average molecular weight is 272 g/mol. The lowest BCUT2D eigenvalue weighted by Gasteiger charge is -2.06. The zero-order chi connectivity index (χ0) is 14.7. The number of rotatable bonds is 4. The van der Waals surface area contributed by atoms with E-state index in [-0.39, 0.29) is 12.3 Å². The number of carbonyl (C=O) groups excluding carboxylic acids is 1. The lowest BCUT2D eigenvalue weighted by atomic mass is 10.1. The minimum absolute atomic E-state index is 0.0510. The van der Waals surface area contributed by atoms with E-state index in [1.54, 1.807) is 18.2 Å². The highest BCUT2D eigenvalue weighted by Gasteiger charge is 2.13. The molecule has 6 heteroatoms. The van der Waals surface area contributed by atoms with Gasteiger partial charge in [0, 0.05) is 17.8 Å². The van der Waals surface area contributed by atoms with Crippen LogP contribution in [0.4, 0.5) is 5.69 Å². The Labute approximate surface area is 114 Å². The summed E-state index contributed by atoms with van der Waals surface area (Å²) in [5.74, 6) is -0.174. The molecule has 1 aromatic heterocycles. The van der Waals surface area contributed by atoms with E-state index in [2.05, 4.69) is 0 Å². The Bertz CT molecular complexity index is 734. The molecule has 102 valence electrons. The second kappa shape index (κ2) is 5.48. The largest absolute Gasteiger partial charge is 0.340 e. The lowest BCUT2D eigenvalue weighted by Crippen LogP contribution is -2.15. The highest BCUT2D eigenvalue weighted by atomic mass is 16.6. The van der Waals surface area contributed by atoms with Gasteiger partial charge in [0.25, 0.3) is 5.43 Å². The van der Waals surface area contributed by atoms with Gasteiger partial charge in [-0.05, 0) is 13.0 Å². The first-order valence-electron chi connectivity index (χ1n) is 5.92. The highest BCUT2D eigenvalue weighted by molar-refractivity contribution is 5.96. The van der Waals surface area contributed by atoms with Gasteiger partial charge in [0.2, 0.25) is 0 Å². The van der Waals surface area contributed by atoms with Gasteiger partial charge in [-0.2, -0.15) is 0 Å². The molecule has 2 rings (SSSR count). The van der Waals surface area contributed by atoms with Gasteiger partial charge in [-0.25, -0.2) is 0 Å². The number of benzene rings is 1. The van der Waals surface area contributed by atoms with Crippen LogP contribution in [0.15, 0.2) is 47.5 Å². The van der Waals surface area contributed by atoms with Crippen molar-refractivity contribution in [2.24, 2.45) is 0 Å². The molecule has 1 heterocycles. The quantitative estimate of drug-likeness (QED) is 0.484. The number of Topliss-reactive ketones (excluding diaryl/α,β-unsaturated/α-hetero) is 1. The van der Waals surface area contributed by atoms with Crippen LogP contribution in [0.1, 0.15) is 15.9 Å². The first-order valence-corrected chi connectivity index (χ1v) is 5.92. The summed E-state index contributed by atoms with van der Waals surface area (Å²) < 4.78 is 1.34. The van der Waals surface area contributed by atoms with E-state index < -0.39 is 16.0 Å². The molecular weight excluding hydrogens is 260 g/mol. The summed E-state index contributed by atoms with van der Waals surface area (Å²) in [5, 5.41) is 10.7. The Balaban J connectivity index is 2.26. The number of aromatic nitrogens is 1. The van der Waals surface area contributed by atoms with Gasteiger partial charge >= 0.3 is 5.69 Å². The summed E-state index contributed by atoms with van der Waals surface area (Å²) in [6, 6.07) is 8.17. The summed E-state index contributed by atoms with van der Waals surface area (Å²) in [7, 11) is 0. The van der Waals surface area contributed by atoms with Crippen molar-refractivity contribution in [1.82, 2.24) is 4.57 Å². The topological polar surface area (TPSA) is 82.2 Å². The number of carbonyl (C=O) groups is 1. The molecule has 0 amide bonds. The normalized spacial score (nSPS) is 10.2.